The molecule has 0 bridgehead atoms. The van der Waals surface area contributed by atoms with E-state index in [1.807, 2.05) is 43.9 Å². The van der Waals surface area contributed by atoms with Gasteiger partial charge in [0.15, 0.2) is 0 Å². The Morgan fingerprint density at radius 3 is 2.48 bits per heavy atom. The average Bonchev–Trinajstić information content (AvgIpc) is 2.53. The molecule has 3 rings (SSSR count). The lowest BCUT2D eigenvalue weighted by Gasteiger charge is -2.29. The molecule has 0 aromatic heterocycles. The van der Waals surface area contributed by atoms with Crippen LogP contribution in [0, 0.1) is 0 Å². The third-order valence-electron chi connectivity index (χ3n) is 4.47. The number of aromatic hydroxyl groups is 1. The van der Waals surface area contributed by atoms with Crippen molar-refractivity contribution in [2.75, 3.05) is 6.54 Å². The molecule has 0 unspecified atom stereocenters. The summed E-state index contributed by atoms with van der Waals surface area (Å²) in [6.45, 7) is 7.50. The summed E-state index contributed by atoms with van der Waals surface area (Å²) in [5.74, 6) is 0.281. The van der Waals surface area contributed by atoms with Crippen molar-refractivity contribution in [2.45, 2.75) is 39.2 Å². The van der Waals surface area contributed by atoms with Crippen LogP contribution in [0.4, 0.5) is 0 Å². The van der Waals surface area contributed by atoms with E-state index < -0.39 is 0 Å². The third-order valence-corrected chi connectivity index (χ3v) is 4.47. The number of phenolic OH excluding ortho intramolecular Hbond substituents is 1. The van der Waals surface area contributed by atoms with E-state index in [9.17, 15) is 9.90 Å². The Kier molecular flexibility index (Phi) is 3.88. The van der Waals surface area contributed by atoms with Gasteiger partial charge in [0.25, 0.3) is 5.91 Å². The molecule has 0 aliphatic carbocycles. The maximum Gasteiger partial charge on any atom is 0.254 e. The zero-order valence-electron chi connectivity index (χ0n) is 14.0. The Labute approximate surface area is 137 Å². The van der Waals surface area contributed by atoms with E-state index in [0.29, 0.717) is 12.1 Å². The number of hydrogen-bond acceptors (Lipinski definition) is 2. The lowest BCUT2D eigenvalue weighted by molar-refractivity contribution is 0.0734. The molecule has 23 heavy (non-hydrogen) atoms. The first kappa shape index (κ1) is 15.6. The van der Waals surface area contributed by atoms with E-state index in [0.717, 1.165) is 18.5 Å². The summed E-state index contributed by atoms with van der Waals surface area (Å²) in [6.07, 6.45) is 0.895. The van der Waals surface area contributed by atoms with Gasteiger partial charge in [-0.1, -0.05) is 45.0 Å². The van der Waals surface area contributed by atoms with Crippen LogP contribution in [0.5, 0.6) is 5.75 Å². The molecule has 1 amide bonds. The summed E-state index contributed by atoms with van der Waals surface area (Å²) < 4.78 is 0. The van der Waals surface area contributed by atoms with Gasteiger partial charge < -0.3 is 10.0 Å². The Bertz CT molecular complexity index is 744. The molecule has 1 heterocycles. The zero-order valence-corrected chi connectivity index (χ0v) is 14.0. The number of nitrogens with zero attached hydrogens (tertiary/aromatic N) is 1. The van der Waals surface area contributed by atoms with Gasteiger partial charge in [-0.15, -0.1) is 0 Å². The number of benzene rings is 2. The highest BCUT2D eigenvalue weighted by atomic mass is 16.3. The number of carbonyl (C=O) groups is 1. The first-order chi connectivity index (χ1) is 10.9. The number of carbonyl (C=O) groups excluding carboxylic acids is 1. The van der Waals surface area contributed by atoms with Crippen LogP contribution in [-0.2, 0) is 18.4 Å². The topological polar surface area (TPSA) is 40.5 Å². The van der Waals surface area contributed by atoms with Crippen LogP contribution >= 0.6 is 0 Å². The molecule has 0 saturated carbocycles. The second-order valence-corrected chi connectivity index (χ2v) is 7.23. The van der Waals surface area contributed by atoms with Crippen LogP contribution in [-0.4, -0.2) is 22.5 Å². The summed E-state index contributed by atoms with van der Waals surface area (Å²) in [5, 5.41) is 10.1. The van der Waals surface area contributed by atoms with Gasteiger partial charge >= 0.3 is 0 Å². The van der Waals surface area contributed by atoms with Crippen molar-refractivity contribution in [2.24, 2.45) is 0 Å². The molecule has 2 aromatic rings. The van der Waals surface area contributed by atoms with Crippen LogP contribution in [0.2, 0.25) is 0 Å². The predicted molar refractivity (Wildman–Crippen MR) is 91.7 cm³/mol. The molecule has 0 atom stereocenters. The molecule has 3 heteroatoms. The number of amides is 1. The van der Waals surface area contributed by atoms with Gasteiger partial charge in [0.05, 0.1) is 0 Å². The SMILES string of the molecule is CC(C)(C)c1cc(C(=O)N2CCc3ccccc3C2)ccc1O. The molecule has 0 fully saturated rings. The van der Waals surface area contributed by atoms with Crippen LogP contribution in [0.25, 0.3) is 0 Å². The molecule has 0 spiro atoms. The van der Waals surface area contributed by atoms with Crippen molar-refractivity contribution in [3.05, 3.63) is 64.7 Å². The molecular formula is C20H23NO2. The normalized spacial score (nSPS) is 14.5. The Morgan fingerprint density at radius 2 is 1.78 bits per heavy atom. The van der Waals surface area contributed by atoms with Crippen molar-refractivity contribution >= 4 is 5.91 Å². The average molecular weight is 309 g/mol. The molecule has 0 saturated heterocycles. The molecule has 3 nitrogen and oxygen atoms in total. The largest absolute Gasteiger partial charge is 0.508 e. The van der Waals surface area contributed by atoms with E-state index in [1.54, 1.807) is 12.1 Å². The first-order valence-electron chi connectivity index (χ1n) is 8.06. The van der Waals surface area contributed by atoms with Crippen molar-refractivity contribution in [1.29, 1.82) is 0 Å². The summed E-state index contributed by atoms with van der Waals surface area (Å²) in [6, 6.07) is 13.5. The van der Waals surface area contributed by atoms with Gasteiger partial charge in [0.2, 0.25) is 0 Å². The Balaban J connectivity index is 1.87. The summed E-state index contributed by atoms with van der Waals surface area (Å²) in [5.41, 5.74) is 3.81. The monoisotopic (exact) mass is 309 g/mol. The van der Waals surface area contributed by atoms with Crippen molar-refractivity contribution in [3.63, 3.8) is 0 Å². The highest BCUT2D eigenvalue weighted by Crippen LogP contribution is 2.32. The van der Waals surface area contributed by atoms with E-state index in [-0.39, 0.29) is 17.1 Å². The molecule has 1 aliphatic heterocycles. The molecule has 2 aromatic carbocycles. The smallest absolute Gasteiger partial charge is 0.254 e. The highest BCUT2D eigenvalue weighted by Gasteiger charge is 2.24. The van der Waals surface area contributed by atoms with E-state index in [2.05, 4.69) is 12.1 Å². The first-order valence-corrected chi connectivity index (χ1v) is 8.06. The number of phenols is 1. The lowest BCUT2D eigenvalue weighted by atomic mass is 9.85. The van der Waals surface area contributed by atoms with Gasteiger partial charge in [-0.05, 0) is 41.2 Å². The quantitative estimate of drug-likeness (QED) is 0.868. The number of hydrogen-bond donors (Lipinski definition) is 1. The fourth-order valence-electron chi connectivity index (χ4n) is 3.12. The summed E-state index contributed by atoms with van der Waals surface area (Å²) in [4.78, 5) is 14.7. The van der Waals surface area contributed by atoms with Gasteiger partial charge in [0.1, 0.15) is 5.75 Å². The van der Waals surface area contributed by atoms with Crippen molar-refractivity contribution < 1.29 is 9.90 Å². The van der Waals surface area contributed by atoms with E-state index in [1.165, 1.54) is 11.1 Å². The second-order valence-electron chi connectivity index (χ2n) is 7.23. The summed E-state index contributed by atoms with van der Waals surface area (Å²) in [7, 11) is 0. The minimum Gasteiger partial charge on any atom is -0.508 e. The van der Waals surface area contributed by atoms with Crippen LogP contribution in [0.1, 0.15) is 47.8 Å². The molecule has 1 aliphatic rings. The van der Waals surface area contributed by atoms with Crippen molar-refractivity contribution in [3.8, 4) is 5.75 Å². The number of fused-ring (bicyclic) bond motifs is 1. The minimum atomic E-state index is -0.200. The number of rotatable bonds is 1. The van der Waals surface area contributed by atoms with Gasteiger partial charge in [-0.3, -0.25) is 4.79 Å². The van der Waals surface area contributed by atoms with Gasteiger partial charge in [-0.25, -0.2) is 0 Å². The van der Waals surface area contributed by atoms with Crippen LogP contribution in [0.3, 0.4) is 0 Å². The van der Waals surface area contributed by atoms with E-state index in [4.69, 9.17) is 0 Å². The molecule has 120 valence electrons. The van der Waals surface area contributed by atoms with Crippen molar-refractivity contribution in [1.82, 2.24) is 4.90 Å². The fraction of sp³-hybridized carbons (Fsp3) is 0.350. The molecular weight excluding hydrogens is 286 g/mol. The van der Waals surface area contributed by atoms with E-state index >= 15 is 0 Å². The lowest BCUT2D eigenvalue weighted by Crippen LogP contribution is -2.36. The second kappa shape index (κ2) is 5.73. The van der Waals surface area contributed by atoms with Gasteiger partial charge in [0, 0.05) is 24.2 Å². The van der Waals surface area contributed by atoms with Gasteiger partial charge in [-0.2, -0.15) is 0 Å². The standard InChI is InChI=1S/C20H23NO2/c1-20(2,3)17-12-15(8-9-18(17)22)19(23)21-11-10-14-6-4-5-7-16(14)13-21/h4-9,12,22H,10-11,13H2,1-3H3. The highest BCUT2D eigenvalue weighted by molar-refractivity contribution is 5.94. The summed E-state index contributed by atoms with van der Waals surface area (Å²) >= 11 is 0. The Morgan fingerprint density at radius 1 is 1.09 bits per heavy atom. The van der Waals surface area contributed by atoms with Crippen LogP contribution < -0.4 is 0 Å². The zero-order chi connectivity index (χ0) is 16.6. The van der Waals surface area contributed by atoms with Crippen LogP contribution in [0.15, 0.2) is 42.5 Å². The maximum absolute atomic E-state index is 12.8. The molecule has 0 radical (unpaired) electrons. The minimum absolute atomic E-state index is 0.0324. The Hall–Kier alpha value is -2.29. The third kappa shape index (κ3) is 3.09. The fourth-order valence-corrected chi connectivity index (χ4v) is 3.12. The molecule has 1 N–H and O–H groups in total. The maximum atomic E-state index is 12.8. The predicted octanol–water partition coefficient (Wildman–Crippen LogP) is 3.89.